The molecule has 1 nitrogen and oxygen atoms in total. The Balaban J connectivity index is 1.98. The fourth-order valence-electron chi connectivity index (χ4n) is 2.50. The number of rotatable bonds is 3. The highest BCUT2D eigenvalue weighted by Gasteiger charge is 2.23. The standard InChI is InChI=1S/C17H18O/c1-12-16(4-3-5-17(12)18-2)15-10-8-14(9-11-15)13-6-7-13/h3-5,8-11,13H,6-7H2,1-2H3. The van der Waals surface area contributed by atoms with E-state index in [4.69, 9.17) is 4.74 Å². The predicted octanol–water partition coefficient (Wildman–Crippen LogP) is 4.55. The molecule has 18 heavy (non-hydrogen) atoms. The Morgan fingerprint density at radius 1 is 1.00 bits per heavy atom. The first kappa shape index (κ1) is 11.3. The van der Waals surface area contributed by atoms with E-state index in [1.807, 2.05) is 6.07 Å². The van der Waals surface area contributed by atoms with E-state index < -0.39 is 0 Å². The highest BCUT2D eigenvalue weighted by Crippen LogP contribution is 2.40. The van der Waals surface area contributed by atoms with E-state index in [-0.39, 0.29) is 0 Å². The second-order valence-electron chi connectivity index (χ2n) is 5.03. The van der Waals surface area contributed by atoms with E-state index in [0.29, 0.717) is 0 Å². The Bertz CT molecular complexity index is 550. The summed E-state index contributed by atoms with van der Waals surface area (Å²) in [5, 5.41) is 0. The van der Waals surface area contributed by atoms with Crippen LogP contribution < -0.4 is 4.74 Å². The molecule has 1 aliphatic rings. The molecule has 0 heterocycles. The maximum atomic E-state index is 5.38. The van der Waals surface area contributed by atoms with Crippen LogP contribution in [-0.2, 0) is 0 Å². The van der Waals surface area contributed by atoms with Crippen LogP contribution in [0.25, 0.3) is 11.1 Å². The van der Waals surface area contributed by atoms with Crippen molar-refractivity contribution >= 4 is 0 Å². The van der Waals surface area contributed by atoms with Crippen molar-refractivity contribution in [2.24, 2.45) is 0 Å². The zero-order chi connectivity index (χ0) is 12.5. The molecule has 1 aliphatic carbocycles. The van der Waals surface area contributed by atoms with E-state index in [2.05, 4.69) is 43.3 Å². The molecule has 0 atom stereocenters. The van der Waals surface area contributed by atoms with Crippen LogP contribution in [0, 0.1) is 6.92 Å². The Labute approximate surface area is 108 Å². The molecular weight excluding hydrogens is 220 g/mol. The lowest BCUT2D eigenvalue weighted by Gasteiger charge is -2.11. The normalized spacial score (nSPS) is 14.6. The van der Waals surface area contributed by atoms with Crippen molar-refractivity contribution in [3.05, 3.63) is 53.6 Å². The Kier molecular flexibility index (Phi) is 2.83. The van der Waals surface area contributed by atoms with Gasteiger partial charge in [0.1, 0.15) is 5.75 Å². The van der Waals surface area contributed by atoms with Crippen molar-refractivity contribution in [2.45, 2.75) is 25.7 Å². The van der Waals surface area contributed by atoms with E-state index in [1.165, 1.54) is 35.1 Å². The first-order valence-corrected chi connectivity index (χ1v) is 6.53. The number of methoxy groups -OCH3 is 1. The van der Waals surface area contributed by atoms with Crippen molar-refractivity contribution in [2.75, 3.05) is 7.11 Å². The smallest absolute Gasteiger partial charge is 0.122 e. The summed E-state index contributed by atoms with van der Waals surface area (Å²) in [5.41, 5.74) is 5.23. The van der Waals surface area contributed by atoms with Gasteiger partial charge in [-0.3, -0.25) is 0 Å². The molecule has 1 fully saturated rings. The predicted molar refractivity (Wildman–Crippen MR) is 75.1 cm³/mol. The van der Waals surface area contributed by atoms with Crippen LogP contribution in [0.15, 0.2) is 42.5 Å². The molecule has 1 saturated carbocycles. The SMILES string of the molecule is COc1cccc(-c2ccc(C3CC3)cc2)c1C. The molecule has 0 radical (unpaired) electrons. The van der Waals surface area contributed by atoms with E-state index >= 15 is 0 Å². The van der Waals surface area contributed by atoms with Gasteiger partial charge in [-0.25, -0.2) is 0 Å². The minimum Gasteiger partial charge on any atom is -0.496 e. The molecule has 3 rings (SSSR count). The van der Waals surface area contributed by atoms with Crippen LogP contribution in [0.3, 0.4) is 0 Å². The average molecular weight is 238 g/mol. The lowest BCUT2D eigenvalue weighted by molar-refractivity contribution is 0.412. The van der Waals surface area contributed by atoms with E-state index in [1.54, 1.807) is 7.11 Å². The summed E-state index contributed by atoms with van der Waals surface area (Å²) in [6.45, 7) is 2.11. The van der Waals surface area contributed by atoms with Crippen LogP contribution in [-0.4, -0.2) is 7.11 Å². The molecule has 0 N–H and O–H groups in total. The molecule has 2 aromatic rings. The molecule has 0 aromatic heterocycles. The summed E-state index contributed by atoms with van der Waals surface area (Å²) in [6.07, 6.45) is 2.72. The molecule has 1 heteroatoms. The minimum absolute atomic E-state index is 0.824. The van der Waals surface area contributed by atoms with Crippen molar-refractivity contribution in [3.63, 3.8) is 0 Å². The molecule has 0 unspecified atom stereocenters. The summed E-state index contributed by atoms with van der Waals surface area (Å²) in [4.78, 5) is 0. The topological polar surface area (TPSA) is 9.23 Å². The van der Waals surface area contributed by atoms with Gasteiger partial charge in [0.25, 0.3) is 0 Å². The van der Waals surface area contributed by atoms with Gasteiger partial charge in [0.2, 0.25) is 0 Å². The van der Waals surface area contributed by atoms with Crippen LogP contribution >= 0.6 is 0 Å². The maximum Gasteiger partial charge on any atom is 0.122 e. The molecule has 0 saturated heterocycles. The summed E-state index contributed by atoms with van der Waals surface area (Å²) >= 11 is 0. The Hall–Kier alpha value is -1.76. The number of hydrogen-bond acceptors (Lipinski definition) is 1. The van der Waals surface area contributed by atoms with Crippen molar-refractivity contribution in [1.82, 2.24) is 0 Å². The monoisotopic (exact) mass is 238 g/mol. The van der Waals surface area contributed by atoms with Gasteiger partial charge in [0.15, 0.2) is 0 Å². The molecule has 2 aromatic carbocycles. The largest absolute Gasteiger partial charge is 0.496 e. The Morgan fingerprint density at radius 2 is 1.72 bits per heavy atom. The van der Waals surface area contributed by atoms with E-state index in [9.17, 15) is 0 Å². The van der Waals surface area contributed by atoms with E-state index in [0.717, 1.165) is 11.7 Å². The molecule has 0 spiro atoms. The second-order valence-corrected chi connectivity index (χ2v) is 5.03. The summed E-state index contributed by atoms with van der Waals surface area (Å²) in [5.74, 6) is 1.78. The molecule has 0 bridgehead atoms. The first-order valence-electron chi connectivity index (χ1n) is 6.53. The molecule has 92 valence electrons. The maximum absolute atomic E-state index is 5.38. The van der Waals surface area contributed by atoms with Gasteiger partial charge in [-0.15, -0.1) is 0 Å². The summed E-state index contributed by atoms with van der Waals surface area (Å²) < 4.78 is 5.38. The number of hydrogen-bond donors (Lipinski definition) is 0. The van der Waals surface area contributed by atoms with Gasteiger partial charge >= 0.3 is 0 Å². The fraction of sp³-hybridized carbons (Fsp3) is 0.294. The van der Waals surface area contributed by atoms with Crippen LogP contribution in [0.5, 0.6) is 5.75 Å². The van der Waals surface area contributed by atoms with Gasteiger partial charge in [-0.1, -0.05) is 36.4 Å². The molecular formula is C17H18O. The fourth-order valence-corrected chi connectivity index (χ4v) is 2.50. The van der Waals surface area contributed by atoms with Gasteiger partial charge < -0.3 is 4.74 Å². The third kappa shape index (κ3) is 2.01. The summed E-state index contributed by atoms with van der Waals surface area (Å²) in [7, 11) is 1.72. The minimum atomic E-state index is 0.824. The molecule has 0 amide bonds. The van der Waals surface area contributed by atoms with Gasteiger partial charge in [0, 0.05) is 0 Å². The summed E-state index contributed by atoms with van der Waals surface area (Å²) in [6, 6.07) is 15.2. The van der Waals surface area contributed by atoms with Crippen molar-refractivity contribution in [3.8, 4) is 16.9 Å². The third-order valence-electron chi connectivity index (χ3n) is 3.77. The highest BCUT2D eigenvalue weighted by atomic mass is 16.5. The van der Waals surface area contributed by atoms with Crippen LogP contribution in [0.1, 0.15) is 29.9 Å². The van der Waals surface area contributed by atoms with Gasteiger partial charge in [-0.2, -0.15) is 0 Å². The Morgan fingerprint density at radius 3 is 2.33 bits per heavy atom. The van der Waals surface area contributed by atoms with Crippen molar-refractivity contribution < 1.29 is 4.74 Å². The number of ether oxygens (including phenoxy) is 1. The lowest BCUT2D eigenvalue weighted by atomic mass is 9.98. The highest BCUT2D eigenvalue weighted by molar-refractivity contribution is 5.70. The van der Waals surface area contributed by atoms with Crippen LogP contribution in [0.2, 0.25) is 0 Å². The first-order chi connectivity index (χ1) is 8.79. The van der Waals surface area contributed by atoms with Gasteiger partial charge in [-0.05, 0) is 54.0 Å². The van der Waals surface area contributed by atoms with Gasteiger partial charge in [0.05, 0.1) is 7.11 Å². The quantitative estimate of drug-likeness (QED) is 0.762. The number of benzene rings is 2. The van der Waals surface area contributed by atoms with Crippen molar-refractivity contribution in [1.29, 1.82) is 0 Å². The average Bonchev–Trinajstić information content (AvgIpc) is 3.24. The lowest BCUT2D eigenvalue weighted by Crippen LogP contribution is -1.90. The third-order valence-corrected chi connectivity index (χ3v) is 3.77. The second kappa shape index (κ2) is 4.49. The zero-order valence-electron chi connectivity index (χ0n) is 10.9. The van der Waals surface area contributed by atoms with Crippen LogP contribution in [0.4, 0.5) is 0 Å². The zero-order valence-corrected chi connectivity index (χ0v) is 10.9. The molecule has 0 aliphatic heterocycles.